The Morgan fingerprint density at radius 1 is 1.10 bits per heavy atom. The molecule has 3 rings (SSSR count). The minimum absolute atomic E-state index is 0.743. The number of nitriles is 1. The molecule has 0 aliphatic carbocycles. The molecule has 2 aromatic rings. The van der Waals surface area contributed by atoms with Crippen LogP contribution in [0.1, 0.15) is 23.1 Å². The fraction of sp³-hybridized carbons (Fsp3) is 0.235. The van der Waals surface area contributed by atoms with E-state index in [4.69, 9.17) is 0 Å². The van der Waals surface area contributed by atoms with Gasteiger partial charge in [0.15, 0.2) is 0 Å². The van der Waals surface area contributed by atoms with Gasteiger partial charge in [0.25, 0.3) is 0 Å². The van der Waals surface area contributed by atoms with Crippen molar-refractivity contribution in [2.75, 3.05) is 11.4 Å². The molecule has 20 heavy (non-hydrogen) atoms. The van der Waals surface area contributed by atoms with Crippen LogP contribution in [0.3, 0.4) is 0 Å². The van der Waals surface area contributed by atoms with Crippen molar-refractivity contribution in [2.45, 2.75) is 19.4 Å². The van der Waals surface area contributed by atoms with Crippen LogP contribution in [0.15, 0.2) is 46.9 Å². The standard InChI is InChI=1S/C17H15BrN2/c18-16-8-7-14(11-19)17(10-16)20-9-3-6-13-4-1-2-5-15(13)12-20/h1-2,4-5,7-8,10H,3,6,9,12H2. The van der Waals surface area contributed by atoms with Crippen LogP contribution in [0.5, 0.6) is 0 Å². The average molecular weight is 327 g/mol. The van der Waals surface area contributed by atoms with E-state index in [1.54, 1.807) is 0 Å². The molecule has 1 aliphatic heterocycles. The van der Waals surface area contributed by atoms with Crippen LogP contribution < -0.4 is 4.90 Å². The van der Waals surface area contributed by atoms with E-state index in [9.17, 15) is 5.26 Å². The van der Waals surface area contributed by atoms with Gasteiger partial charge in [0.05, 0.1) is 11.3 Å². The Morgan fingerprint density at radius 3 is 2.70 bits per heavy atom. The first-order valence-electron chi connectivity index (χ1n) is 6.79. The second-order valence-corrected chi connectivity index (χ2v) is 5.98. The summed E-state index contributed by atoms with van der Waals surface area (Å²) < 4.78 is 1.02. The monoisotopic (exact) mass is 326 g/mol. The van der Waals surface area contributed by atoms with Gasteiger partial charge in [0, 0.05) is 17.6 Å². The Bertz CT molecular complexity index is 673. The molecule has 0 fully saturated rings. The number of benzene rings is 2. The molecule has 0 aromatic heterocycles. The molecule has 0 saturated carbocycles. The number of aryl methyl sites for hydroxylation is 1. The van der Waals surface area contributed by atoms with Gasteiger partial charge in [-0.3, -0.25) is 0 Å². The maximum atomic E-state index is 9.31. The molecular formula is C17H15BrN2. The largest absolute Gasteiger partial charge is 0.366 e. The SMILES string of the molecule is N#Cc1ccc(Br)cc1N1CCCc2ccccc2C1. The molecule has 0 bridgehead atoms. The summed E-state index contributed by atoms with van der Waals surface area (Å²) in [7, 11) is 0. The number of rotatable bonds is 1. The van der Waals surface area contributed by atoms with Gasteiger partial charge in [-0.1, -0.05) is 40.2 Å². The van der Waals surface area contributed by atoms with Crippen LogP contribution in [0.25, 0.3) is 0 Å². The fourth-order valence-corrected chi connectivity index (χ4v) is 3.12. The number of hydrogen-bond donors (Lipinski definition) is 0. The topological polar surface area (TPSA) is 27.0 Å². The van der Waals surface area contributed by atoms with Gasteiger partial charge in [0.1, 0.15) is 6.07 Å². The zero-order chi connectivity index (χ0) is 13.9. The molecule has 0 amide bonds. The molecular weight excluding hydrogens is 312 g/mol. The first-order chi connectivity index (χ1) is 9.78. The third-order valence-electron chi connectivity index (χ3n) is 3.77. The molecule has 3 heteroatoms. The summed E-state index contributed by atoms with van der Waals surface area (Å²) in [6.07, 6.45) is 2.23. The van der Waals surface area contributed by atoms with Gasteiger partial charge in [0.2, 0.25) is 0 Å². The van der Waals surface area contributed by atoms with E-state index >= 15 is 0 Å². The van der Waals surface area contributed by atoms with Crippen molar-refractivity contribution in [3.05, 3.63) is 63.6 Å². The molecule has 2 nitrogen and oxygen atoms in total. The Morgan fingerprint density at radius 2 is 1.90 bits per heavy atom. The zero-order valence-corrected chi connectivity index (χ0v) is 12.7. The molecule has 100 valence electrons. The van der Waals surface area contributed by atoms with Gasteiger partial charge in [-0.25, -0.2) is 0 Å². The number of halogens is 1. The quantitative estimate of drug-likeness (QED) is 0.782. The van der Waals surface area contributed by atoms with Crippen molar-refractivity contribution in [1.29, 1.82) is 5.26 Å². The van der Waals surface area contributed by atoms with E-state index in [1.807, 2.05) is 18.2 Å². The molecule has 1 aliphatic rings. The van der Waals surface area contributed by atoms with E-state index in [1.165, 1.54) is 11.1 Å². The van der Waals surface area contributed by atoms with Gasteiger partial charge in [-0.05, 0) is 42.2 Å². The molecule has 0 atom stereocenters. The van der Waals surface area contributed by atoms with Crippen molar-refractivity contribution in [1.82, 2.24) is 0 Å². The maximum Gasteiger partial charge on any atom is 0.101 e. The Hall–Kier alpha value is -1.79. The van der Waals surface area contributed by atoms with Gasteiger partial charge >= 0.3 is 0 Å². The maximum absolute atomic E-state index is 9.31. The molecule has 1 heterocycles. The van der Waals surface area contributed by atoms with Crippen molar-refractivity contribution in [3.8, 4) is 6.07 Å². The van der Waals surface area contributed by atoms with Crippen molar-refractivity contribution >= 4 is 21.6 Å². The first-order valence-corrected chi connectivity index (χ1v) is 7.58. The smallest absolute Gasteiger partial charge is 0.101 e. The van der Waals surface area contributed by atoms with Crippen LogP contribution in [0.2, 0.25) is 0 Å². The van der Waals surface area contributed by atoms with Crippen molar-refractivity contribution in [2.24, 2.45) is 0 Å². The van der Waals surface area contributed by atoms with Gasteiger partial charge in [-0.2, -0.15) is 5.26 Å². The lowest BCUT2D eigenvalue weighted by Gasteiger charge is -2.24. The number of anilines is 1. The van der Waals surface area contributed by atoms with E-state index in [2.05, 4.69) is 51.2 Å². The number of nitrogens with zero attached hydrogens (tertiary/aromatic N) is 2. The third kappa shape index (κ3) is 2.57. The second kappa shape index (κ2) is 5.68. The highest BCUT2D eigenvalue weighted by atomic mass is 79.9. The Balaban J connectivity index is 2.00. The lowest BCUT2D eigenvalue weighted by molar-refractivity contribution is 0.765. The first kappa shape index (κ1) is 13.2. The molecule has 0 saturated heterocycles. The normalized spacial score (nSPS) is 14.3. The van der Waals surface area contributed by atoms with Crippen LogP contribution in [0.4, 0.5) is 5.69 Å². The van der Waals surface area contributed by atoms with Crippen molar-refractivity contribution < 1.29 is 0 Å². The predicted octanol–water partition coefficient (Wildman–Crippen LogP) is 4.27. The molecule has 0 radical (unpaired) electrons. The summed E-state index contributed by atoms with van der Waals surface area (Å²) in [4.78, 5) is 2.31. The van der Waals surface area contributed by atoms with Crippen molar-refractivity contribution in [3.63, 3.8) is 0 Å². The fourth-order valence-electron chi connectivity index (χ4n) is 2.77. The van der Waals surface area contributed by atoms with Crippen LogP contribution >= 0.6 is 15.9 Å². The summed E-state index contributed by atoms with van der Waals surface area (Å²) in [6, 6.07) is 16.8. The number of fused-ring (bicyclic) bond motifs is 1. The molecule has 0 spiro atoms. The zero-order valence-electron chi connectivity index (χ0n) is 11.1. The van der Waals surface area contributed by atoms with E-state index in [-0.39, 0.29) is 0 Å². The predicted molar refractivity (Wildman–Crippen MR) is 84.7 cm³/mol. The second-order valence-electron chi connectivity index (χ2n) is 5.07. The van der Waals surface area contributed by atoms with Crippen LogP contribution in [-0.4, -0.2) is 6.54 Å². The molecule has 0 unspecified atom stereocenters. The lowest BCUT2D eigenvalue weighted by Crippen LogP contribution is -2.23. The Labute approximate surface area is 127 Å². The van der Waals surface area contributed by atoms with Crippen LogP contribution in [-0.2, 0) is 13.0 Å². The number of hydrogen-bond acceptors (Lipinski definition) is 2. The average Bonchev–Trinajstić information content (AvgIpc) is 2.69. The minimum Gasteiger partial charge on any atom is -0.366 e. The highest BCUT2D eigenvalue weighted by Gasteiger charge is 2.17. The summed E-state index contributed by atoms with van der Waals surface area (Å²) in [6.45, 7) is 1.86. The summed E-state index contributed by atoms with van der Waals surface area (Å²) in [5, 5.41) is 9.31. The van der Waals surface area contributed by atoms with Crippen LogP contribution in [0, 0.1) is 11.3 Å². The highest BCUT2D eigenvalue weighted by Crippen LogP contribution is 2.29. The lowest BCUT2D eigenvalue weighted by atomic mass is 10.0. The summed E-state index contributed by atoms with van der Waals surface area (Å²) in [5.74, 6) is 0. The minimum atomic E-state index is 0.743. The van der Waals surface area contributed by atoms with E-state index < -0.39 is 0 Å². The molecule has 2 aromatic carbocycles. The van der Waals surface area contributed by atoms with E-state index in [0.717, 1.165) is 41.7 Å². The molecule has 0 N–H and O–H groups in total. The van der Waals surface area contributed by atoms with E-state index in [0.29, 0.717) is 0 Å². The highest BCUT2D eigenvalue weighted by molar-refractivity contribution is 9.10. The van der Waals surface area contributed by atoms with Gasteiger partial charge < -0.3 is 4.90 Å². The summed E-state index contributed by atoms with van der Waals surface area (Å²) >= 11 is 3.51. The Kier molecular flexibility index (Phi) is 3.75. The summed E-state index contributed by atoms with van der Waals surface area (Å²) in [5.41, 5.74) is 4.57. The van der Waals surface area contributed by atoms with Gasteiger partial charge in [-0.15, -0.1) is 0 Å². The third-order valence-corrected chi connectivity index (χ3v) is 4.27.